The van der Waals surface area contributed by atoms with Gasteiger partial charge >= 0.3 is 12.2 Å². The third kappa shape index (κ3) is 4.44. The van der Waals surface area contributed by atoms with Gasteiger partial charge in [0.2, 0.25) is 0 Å². The zero-order valence-corrected chi connectivity index (χ0v) is 14.2. The molecular weight excluding hydrogens is 315 g/mol. The van der Waals surface area contributed by atoms with Crippen LogP contribution in [0.1, 0.15) is 26.3 Å². The number of rotatable bonds is 3. The molecule has 0 radical (unpaired) electrons. The molecule has 0 spiro atoms. The number of amides is 2. The molecule has 1 aromatic rings. The number of quaternary nitrogens is 1. The van der Waals surface area contributed by atoms with Crippen molar-refractivity contribution in [2.75, 3.05) is 13.1 Å². The van der Waals surface area contributed by atoms with Crippen molar-refractivity contribution < 1.29 is 28.3 Å². The van der Waals surface area contributed by atoms with E-state index in [1.807, 2.05) is 30.3 Å². The van der Waals surface area contributed by atoms with Gasteiger partial charge in [0.15, 0.2) is 6.17 Å². The predicted molar refractivity (Wildman–Crippen MR) is 86.2 cm³/mol. The van der Waals surface area contributed by atoms with Crippen LogP contribution in [0.3, 0.4) is 0 Å². The highest BCUT2D eigenvalue weighted by atomic mass is 19.1. The fourth-order valence-electron chi connectivity index (χ4n) is 2.91. The van der Waals surface area contributed by atoms with E-state index in [9.17, 15) is 19.1 Å². The molecule has 6 nitrogen and oxygen atoms in total. The first-order valence-electron chi connectivity index (χ1n) is 7.88. The first-order chi connectivity index (χ1) is 11.1. The van der Waals surface area contributed by atoms with E-state index in [-0.39, 0.29) is 19.6 Å². The Bertz CT molecular complexity index is 602. The van der Waals surface area contributed by atoms with Gasteiger partial charge in [0.05, 0.1) is 0 Å². The minimum atomic E-state index is -1.45. The van der Waals surface area contributed by atoms with Gasteiger partial charge in [-0.25, -0.2) is 13.7 Å². The summed E-state index contributed by atoms with van der Waals surface area (Å²) < 4.78 is 19.1. The van der Waals surface area contributed by atoms with Gasteiger partial charge in [0, 0.05) is 5.56 Å². The molecule has 132 valence electrons. The summed E-state index contributed by atoms with van der Waals surface area (Å²) in [6, 6.07) is 8.19. The Balaban J connectivity index is 2.10. The van der Waals surface area contributed by atoms with E-state index in [4.69, 9.17) is 4.74 Å². The maximum atomic E-state index is 14.4. The molecule has 1 unspecified atom stereocenters. The van der Waals surface area contributed by atoms with Crippen molar-refractivity contribution in [3.63, 3.8) is 0 Å². The van der Waals surface area contributed by atoms with Crippen LogP contribution in [-0.4, -0.2) is 52.7 Å². The molecule has 1 fully saturated rings. The van der Waals surface area contributed by atoms with E-state index in [2.05, 4.69) is 5.32 Å². The molecule has 1 aliphatic rings. The minimum absolute atomic E-state index is 0.0232. The van der Waals surface area contributed by atoms with Crippen molar-refractivity contribution in [3.05, 3.63) is 35.9 Å². The number of likely N-dealkylation sites (tertiary alicyclic amines) is 1. The summed E-state index contributed by atoms with van der Waals surface area (Å²) in [6.07, 6.45) is -3.28. The van der Waals surface area contributed by atoms with Crippen LogP contribution >= 0.6 is 0 Å². The van der Waals surface area contributed by atoms with E-state index in [1.165, 1.54) is 0 Å². The lowest BCUT2D eigenvalue weighted by Gasteiger charge is -2.28. The van der Waals surface area contributed by atoms with Crippen molar-refractivity contribution in [3.8, 4) is 0 Å². The lowest BCUT2D eigenvalue weighted by molar-refractivity contribution is -0.859. The molecule has 2 rings (SSSR count). The van der Waals surface area contributed by atoms with Crippen LogP contribution in [0, 0.1) is 0 Å². The quantitative estimate of drug-likeness (QED) is 0.830. The number of hydrogen-bond donors (Lipinski definition) is 2. The van der Waals surface area contributed by atoms with Gasteiger partial charge in [-0.3, -0.25) is 0 Å². The molecule has 0 bridgehead atoms. The van der Waals surface area contributed by atoms with Gasteiger partial charge in [0.25, 0.3) is 0 Å². The summed E-state index contributed by atoms with van der Waals surface area (Å²) in [5.41, 5.74) is 0.113. The third-order valence-corrected chi connectivity index (χ3v) is 3.94. The third-order valence-electron chi connectivity index (χ3n) is 3.94. The summed E-state index contributed by atoms with van der Waals surface area (Å²) in [5, 5.41) is 12.1. The fourth-order valence-corrected chi connectivity index (χ4v) is 2.91. The number of nitrogens with zero attached hydrogens (tertiary/aromatic N) is 1. The number of hydrogen-bond acceptors (Lipinski definition) is 3. The van der Waals surface area contributed by atoms with Gasteiger partial charge < -0.3 is 15.2 Å². The van der Waals surface area contributed by atoms with Crippen LogP contribution in [0.5, 0.6) is 0 Å². The first kappa shape index (κ1) is 18.2. The number of halogens is 1. The SMILES string of the molecule is CC(C)(C)OC(=O)N[C@H]1C[N@+](Cc2ccccc2)(C(=O)O)CC1F. The average molecular weight is 339 g/mol. The Morgan fingerprint density at radius 2 is 1.92 bits per heavy atom. The summed E-state index contributed by atoms with van der Waals surface area (Å²) in [4.78, 5) is 23.6. The van der Waals surface area contributed by atoms with E-state index in [0.29, 0.717) is 0 Å². The number of carboxylic acid groups (broad SMARTS) is 1. The van der Waals surface area contributed by atoms with Crippen molar-refractivity contribution in [1.29, 1.82) is 0 Å². The zero-order valence-electron chi connectivity index (χ0n) is 14.2. The predicted octanol–water partition coefficient (Wildman–Crippen LogP) is 2.93. The second kappa shape index (κ2) is 6.76. The second-order valence-corrected chi connectivity index (χ2v) is 7.21. The van der Waals surface area contributed by atoms with Crippen molar-refractivity contribution in [2.45, 2.75) is 45.1 Å². The normalized spacial score (nSPS) is 26.8. The summed E-state index contributed by atoms with van der Waals surface area (Å²) >= 11 is 0. The Morgan fingerprint density at radius 1 is 1.29 bits per heavy atom. The lowest BCUT2D eigenvalue weighted by atomic mass is 10.2. The molecule has 0 aromatic heterocycles. The zero-order chi connectivity index (χ0) is 18.0. The minimum Gasteiger partial charge on any atom is -0.444 e. The van der Waals surface area contributed by atoms with Gasteiger partial charge in [-0.2, -0.15) is 4.79 Å². The van der Waals surface area contributed by atoms with Crippen LogP contribution in [0.25, 0.3) is 0 Å². The van der Waals surface area contributed by atoms with Crippen molar-refractivity contribution in [1.82, 2.24) is 5.32 Å². The Morgan fingerprint density at radius 3 is 2.46 bits per heavy atom. The number of carbonyl (C=O) groups is 2. The maximum Gasteiger partial charge on any atom is 0.513 e. The highest BCUT2D eigenvalue weighted by Gasteiger charge is 2.52. The molecule has 24 heavy (non-hydrogen) atoms. The van der Waals surface area contributed by atoms with Gasteiger partial charge in [-0.05, 0) is 20.8 Å². The van der Waals surface area contributed by atoms with Crippen LogP contribution in [0.15, 0.2) is 30.3 Å². The Labute approximate surface area is 140 Å². The molecule has 1 saturated heterocycles. The van der Waals surface area contributed by atoms with E-state index in [0.717, 1.165) is 5.56 Å². The molecule has 1 aliphatic heterocycles. The maximum absolute atomic E-state index is 14.4. The van der Waals surface area contributed by atoms with Crippen LogP contribution in [-0.2, 0) is 11.3 Å². The first-order valence-corrected chi connectivity index (χ1v) is 7.88. The smallest absolute Gasteiger partial charge is 0.444 e. The van der Waals surface area contributed by atoms with Gasteiger partial charge in [-0.15, -0.1) is 0 Å². The van der Waals surface area contributed by atoms with Gasteiger partial charge in [0.1, 0.15) is 31.3 Å². The number of alkyl halides is 1. The number of carbonyl (C=O) groups excluding carboxylic acids is 1. The highest BCUT2D eigenvalue weighted by Crippen LogP contribution is 2.27. The van der Waals surface area contributed by atoms with Crippen LogP contribution < -0.4 is 5.32 Å². The van der Waals surface area contributed by atoms with E-state index >= 15 is 0 Å². The molecule has 0 saturated carbocycles. The molecular formula is C17H24FN2O4+. The molecule has 1 heterocycles. The van der Waals surface area contributed by atoms with E-state index < -0.39 is 34.5 Å². The molecule has 2 amide bonds. The molecule has 3 atom stereocenters. The topological polar surface area (TPSA) is 75.6 Å². The van der Waals surface area contributed by atoms with Crippen LogP contribution in [0.4, 0.5) is 14.0 Å². The molecule has 7 heteroatoms. The summed E-state index contributed by atoms with van der Waals surface area (Å²) in [5.74, 6) is 0. The second-order valence-electron chi connectivity index (χ2n) is 7.21. The largest absolute Gasteiger partial charge is 0.513 e. The number of alkyl carbamates (subject to hydrolysis) is 1. The number of ether oxygens (including phenoxy) is 1. The van der Waals surface area contributed by atoms with Crippen molar-refractivity contribution in [2.24, 2.45) is 0 Å². The van der Waals surface area contributed by atoms with E-state index in [1.54, 1.807) is 20.8 Å². The molecule has 2 N–H and O–H groups in total. The van der Waals surface area contributed by atoms with Crippen LogP contribution in [0.2, 0.25) is 0 Å². The fraction of sp³-hybridized carbons (Fsp3) is 0.529. The Hall–Kier alpha value is -2.15. The monoisotopic (exact) mass is 339 g/mol. The standard InChI is InChI=1S/C17H23FN2O4/c1-17(2,3)24-15(21)19-14-11-20(16(22)23,10-13(14)18)9-12-7-5-4-6-8-12/h4-8,13-14H,9-11H2,1-3H3,(H-,19,21,22,23)/p+1/t13?,14-,20+/m0/s1. The van der Waals surface area contributed by atoms with Crippen molar-refractivity contribution >= 4 is 12.2 Å². The highest BCUT2D eigenvalue weighted by molar-refractivity contribution is 5.68. The average Bonchev–Trinajstić information content (AvgIpc) is 2.75. The Kier molecular flexibility index (Phi) is 5.13. The molecule has 0 aliphatic carbocycles. The summed E-state index contributed by atoms with van der Waals surface area (Å²) in [7, 11) is 0. The summed E-state index contributed by atoms with van der Waals surface area (Å²) in [6.45, 7) is 5.09. The molecule has 1 aromatic carbocycles. The van der Waals surface area contributed by atoms with Gasteiger partial charge in [-0.1, -0.05) is 30.3 Å². The number of nitrogens with one attached hydrogen (secondary N) is 1. The lowest BCUT2D eigenvalue weighted by Crippen LogP contribution is -2.51. The number of benzene rings is 1.